The number of hydrogen-bond donors (Lipinski definition) is 1. The maximum Gasteiger partial charge on any atom is 0.229 e. The van der Waals surface area contributed by atoms with Crippen molar-refractivity contribution >= 4 is 18.0 Å². The van der Waals surface area contributed by atoms with E-state index in [2.05, 4.69) is 9.97 Å². The topological polar surface area (TPSA) is 96.5 Å². The van der Waals surface area contributed by atoms with E-state index in [4.69, 9.17) is 4.42 Å². The minimum absolute atomic E-state index is 0.00476. The molecule has 0 bridgehead atoms. The monoisotopic (exact) mass is 381 g/mol. The zero-order valence-corrected chi connectivity index (χ0v) is 14.8. The molecule has 1 amide bonds. The van der Waals surface area contributed by atoms with E-state index < -0.39 is 17.6 Å². The summed E-state index contributed by atoms with van der Waals surface area (Å²) in [5.74, 6) is -0.777. The number of aliphatic hydroxyl groups is 1. The fourth-order valence-electron chi connectivity index (χ4n) is 2.80. The Morgan fingerprint density at radius 1 is 1.25 bits per heavy atom. The highest BCUT2D eigenvalue weighted by molar-refractivity contribution is 6.08. The maximum absolute atomic E-state index is 14.6. The first-order valence-electron chi connectivity index (χ1n) is 8.26. The van der Waals surface area contributed by atoms with Crippen LogP contribution in [-0.2, 0) is 4.79 Å². The van der Waals surface area contributed by atoms with Gasteiger partial charge in [-0.1, -0.05) is 18.2 Å². The predicted octanol–water partition coefficient (Wildman–Crippen LogP) is 3.55. The van der Waals surface area contributed by atoms with Crippen LogP contribution >= 0.6 is 0 Å². The zero-order chi connectivity index (χ0) is 20.1. The van der Waals surface area contributed by atoms with Gasteiger partial charge in [0.25, 0.3) is 0 Å². The lowest BCUT2D eigenvalue weighted by molar-refractivity contribution is -0.107. The molecule has 1 N–H and O–H groups in total. The number of amides is 1. The number of nitrogens with zero attached hydrogens (tertiary/aromatic N) is 3. The Hall–Kier alpha value is -3.81. The number of aliphatic hydroxyl groups excluding tert-OH is 1. The van der Waals surface area contributed by atoms with Crippen molar-refractivity contribution in [3.63, 3.8) is 0 Å². The van der Waals surface area contributed by atoms with Gasteiger partial charge >= 0.3 is 0 Å². The van der Waals surface area contributed by atoms with Crippen molar-refractivity contribution in [3.8, 4) is 0 Å². The second-order valence-corrected chi connectivity index (χ2v) is 5.83. The van der Waals surface area contributed by atoms with Gasteiger partial charge in [-0.2, -0.15) is 0 Å². The molecule has 0 fully saturated rings. The number of furan rings is 1. The molecule has 1 unspecified atom stereocenters. The summed E-state index contributed by atoms with van der Waals surface area (Å²) in [6.07, 6.45) is 3.57. The Bertz CT molecular complexity index is 1020. The molecule has 28 heavy (non-hydrogen) atoms. The molecule has 7 nitrogen and oxygen atoms in total. The van der Waals surface area contributed by atoms with Crippen molar-refractivity contribution in [2.24, 2.45) is 0 Å². The molecule has 1 atom stereocenters. The molecule has 0 aliphatic carbocycles. The van der Waals surface area contributed by atoms with Gasteiger partial charge in [0, 0.05) is 11.8 Å². The van der Waals surface area contributed by atoms with Gasteiger partial charge in [-0.15, -0.1) is 0 Å². The molecule has 0 aliphatic heterocycles. The smallest absolute Gasteiger partial charge is 0.229 e. The van der Waals surface area contributed by atoms with E-state index in [0.29, 0.717) is 18.4 Å². The SMILES string of the molecule is Cc1ccc(C(=O)/C(=C\O)C(c2ccccc2F)N(C=O)c2ccncn2)o1. The van der Waals surface area contributed by atoms with E-state index in [1.807, 2.05) is 0 Å². The lowest BCUT2D eigenvalue weighted by Gasteiger charge is -2.28. The molecule has 3 rings (SSSR count). The van der Waals surface area contributed by atoms with Gasteiger partial charge in [-0.25, -0.2) is 14.4 Å². The largest absolute Gasteiger partial charge is 0.515 e. The minimum atomic E-state index is -1.28. The fraction of sp³-hybridized carbons (Fsp3) is 0.100. The van der Waals surface area contributed by atoms with Crippen molar-refractivity contribution < 1.29 is 23.5 Å². The van der Waals surface area contributed by atoms with Crippen LogP contribution in [0.1, 0.15) is 27.9 Å². The average Bonchev–Trinajstić information content (AvgIpc) is 3.15. The molecule has 8 heteroatoms. The quantitative estimate of drug-likeness (QED) is 0.291. The number of carbonyl (C=O) groups is 2. The number of ketones is 1. The third-order valence-electron chi connectivity index (χ3n) is 4.08. The minimum Gasteiger partial charge on any atom is -0.515 e. The fourth-order valence-corrected chi connectivity index (χ4v) is 2.80. The molecule has 3 aromatic rings. The van der Waals surface area contributed by atoms with Crippen LogP contribution in [0.5, 0.6) is 0 Å². The number of halogens is 1. The molecule has 2 heterocycles. The van der Waals surface area contributed by atoms with Gasteiger partial charge in [-0.3, -0.25) is 14.5 Å². The van der Waals surface area contributed by atoms with Crippen LogP contribution in [0.3, 0.4) is 0 Å². The summed E-state index contributed by atoms with van der Waals surface area (Å²) in [6, 6.07) is 8.83. The highest BCUT2D eigenvalue weighted by Gasteiger charge is 2.33. The second-order valence-electron chi connectivity index (χ2n) is 5.83. The Kier molecular flexibility index (Phi) is 5.59. The van der Waals surface area contributed by atoms with Crippen LogP contribution < -0.4 is 4.90 Å². The zero-order valence-electron chi connectivity index (χ0n) is 14.8. The van der Waals surface area contributed by atoms with Crippen LogP contribution in [0.15, 0.2) is 71.2 Å². The first kappa shape index (κ1) is 19.0. The maximum atomic E-state index is 14.6. The molecule has 0 spiro atoms. The Morgan fingerprint density at radius 2 is 2.04 bits per heavy atom. The molecular weight excluding hydrogens is 365 g/mol. The standard InChI is InChI=1S/C20H16FN3O4/c1-13-6-7-17(28-13)20(27)15(10-25)19(14-4-2-3-5-16(14)21)24(12-26)18-8-9-22-11-23-18/h2-12,19,25H,1H3/b15-10-. The normalized spacial score (nSPS) is 12.4. The van der Waals surface area contributed by atoms with Gasteiger partial charge < -0.3 is 9.52 Å². The number of aryl methyl sites for hydroxylation is 1. The summed E-state index contributed by atoms with van der Waals surface area (Å²) in [6.45, 7) is 1.66. The van der Waals surface area contributed by atoms with Gasteiger partial charge in [0.2, 0.25) is 12.2 Å². The summed E-state index contributed by atoms with van der Waals surface area (Å²) in [4.78, 5) is 33.7. The van der Waals surface area contributed by atoms with Gasteiger partial charge in [0.05, 0.1) is 17.9 Å². The Balaban J connectivity index is 2.16. The van der Waals surface area contributed by atoms with E-state index in [1.165, 1.54) is 42.9 Å². The second kappa shape index (κ2) is 8.26. The molecule has 0 saturated carbocycles. The van der Waals surface area contributed by atoms with Crippen molar-refractivity contribution in [1.29, 1.82) is 0 Å². The third kappa shape index (κ3) is 3.66. The lowest BCUT2D eigenvalue weighted by atomic mass is 9.93. The van der Waals surface area contributed by atoms with Crippen molar-refractivity contribution in [3.05, 3.63) is 89.7 Å². The van der Waals surface area contributed by atoms with E-state index in [1.54, 1.807) is 19.1 Å². The molecule has 0 saturated heterocycles. The van der Waals surface area contributed by atoms with Gasteiger partial charge in [-0.05, 0) is 31.2 Å². The van der Waals surface area contributed by atoms with Gasteiger partial charge in [0.15, 0.2) is 5.76 Å². The number of aromatic nitrogens is 2. The predicted molar refractivity (Wildman–Crippen MR) is 98.2 cm³/mol. The van der Waals surface area contributed by atoms with Crippen molar-refractivity contribution in [2.75, 3.05) is 4.90 Å². The highest BCUT2D eigenvalue weighted by Crippen LogP contribution is 2.34. The van der Waals surface area contributed by atoms with Crippen LogP contribution in [0, 0.1) is 12.7 Å². The van der Waals surface area contributed by atoms with E-state index in [9.17, 15) is 19.1 Å². The van der Waals surface area contributed by atoms with Crippen LogP contribution in [0.2, 0.25) is 0 Å². The number of rotatable bonds is 7. The first-order valence-corrected chi connectivity index (χ1v) is 8.26. The van der Waals surface area contributed by atoms with Crippen LogP contribution in [-0.4, -0.2) is 27.3 Å². The van der Waals surface area contributed by atoms with Crippen LogP contribution in [0.25, 0.3) is 0 Å². The summed E-state index contributed by atoms with van der Waals surface area (Å²) in [5, 5.41) is 9.86. The molecule has 142 valence electrons. The summed E-state index contributed by atoms with van der Waals surface area (Å²) in [7, 11) is 0. The number of anilines is 1. The van der Waals surface area contributed by atoms with Crippen LogP contribution in [0.4, 0.5) is 10.2 Å². The molecule has 0 aliphatic rings. The Labute approximate surface area is 159 Å². The molecular formula is C20H16FN3O4. The number of Topliss-reactive ketones (excluding diaryl/α,β-unsaturated/α-hetero) is 1. The number of hydrogen-bond acceptors (Lipinski definition) is 6. The first-order chi connectivity index (χ1) is 13.6. The van der Waals surface area contributed by atoms with E-state index >= 15 is 0 Å². The average molecular weight is 381 g/mol. The summed E-state index contributed by atoms with van der Waals surface area (Å²) < 4.78 is 19.9. The molecule has 1 aromatic carbocycles. The summed E-state index contributed by atoms with van der Waals surface area (Å²) in [5.41, 5.74) is -0.254. The number of benzene rings is 1. The third-order valence-corrected chi connectivity index (χ3v) is 4.08. The van der Waals surface area contributed by atoms with Crippen molar-refractivity contribution in [2.45, 2.75) is 13.0 Å². The highest BCUT2D eigenvalue weighted by atomic mass is 19.1. The molecule has 0 radical (unpaired) electrons. The van der Waals surface area contributed by atoms with E-state index in [0.717, 1.165) is 4.90 Å². The van der Waals surface area contributed by atoms with E-state index in [-0.39, 0.29) is 22.7 Å². The summed E-state index contributed by atoms with van der Waals surface area (Å²) >= 11 is 0. The number of carbonyl (C=O) groups excluding carboxylic acids is 2. The van der Waals surface area contributed by atoms with Crippen molar-refractivity contribution in [1.82, 2.24) is 9.97 Å². The molecule has 2 aromatic heterocycles. The Morgan fingerprint density at radius 3 is 2.61 bits per heavy atom. The van der Waals surface area contributed by atoms with Gasteiger partial charge in [0.1, 0.15) is 23.7 Å². The lowest BCUT2D eigenvalue weighted by Crippen LogP contribution is -2.32.